The van der Waals surface area contributed by atoms with Gasteiger partial charge in [0, 0.05) is 11.6 Å². The summed E-state index contributed by atoms with van der Waals surface area (Å²) in [5, 5.41) is 0.537. The molecule has 0 spiro atoms. The predicted octanol–water partition coefficient (Wildman–Crippen LogP) is 5.51. The first-order valence-electron chi connectivity index (χ1n) is 8.57. The van der Waals surface area contributed by atoms with E-state index in [9.17, 15) is 4.79 Å². The summed E-state index contributed by atoms with van der Waals surface area (Å²) in [6, 6.07) is 6.85. The summed E-state index contributed by atoms with van der Waals surface area (Å²) in [6.45, 7) is 7.53. The number of halogens is 1. The highest BCUT2D eigenvalue weighted by Gasteiger charge is 2.16. The fourth-order valence-electron chi connectivity index (χ4n) is 2.25. The summed E-state index contributed by atoms with van der Waals surface area (Å²) in [5.41, 5.74) is 0.486. The van der Waals surface area contributed by atoms with Gasteiger partial charge in [-0.1, -0.05) is 57.7 Å². The van der Waals surface area contributed by atoms with Gasteiger partial charge in [0.15, 0.2) is 0 Å². The molecule has 0 radical (unpaired) electrons. The van der Waals surface area contributed by atoms with E-state index < -0.39 is 0 Å². The van der Waals surface area contributed by atoms with Crippen molar-refractivity contribution in [1.29, 1.82) is 0 Å². The first-order chi connectivity index (χ1) is 11.0. The zero-order chi connectivity index (χ0) is 17.1. The molecule has 0 saturated carbocycles. The van der Waals surface area contributed by atoms with Gasteiger partial charge in [-0.15, -0.1) is 0 Å². The lowest BCUT2D eigenvalue weighted by Gasteiger charge is -2.19. The fraction of sp³-hybridized carbons (Fsp3) is 0.632. The Bertz CT molecular complexity index is 460. The van der Waals surface area contributed by atoms with Crippen LogP contribution in [-0.2, 0) is 9.47 Å². The monoisotopic (exact) mass is 340 g/mol. The van der Waals surface area contributed by atoms with E-state index in [1.807, 2.05) is 0 Å². The fourth-order valence-corrected chi connectivity index (χ4v) is 2.44. The van der Waals surface area contributed by atoms with Gasteiger partial charge < -0.3 is 9.47 Å². The molecular formula is C19H29ClO3. The number of hydrogen-bond acceptors (Lipinski definition) is 3. The molecule has 0 aromatic heterocycles. The van der Waals surface area contributed by atoms with Crippen LogP contribution < -0.4 is 0 Å². The molecule has 4 heteroatoms. The van der Waals surface area contributed by atoms with E-state index >= 15 is 0 Å². The quantitative estimate of drug-likeness (QED) is 0.393. The Morgan fingerprint density at radius 2 is 1.96 bits per heavy atom. The van der Waals surface area contributed by atoms with Gasteiger partial charge in [-0.3, -0.25) is 0 Å². The van der Waals surface area contributed by atoms with Crippen LogP contribution in [-0.4, -0.2) is 25.3 Å². The number of hydrogen-bond donors (Lipinski definition) is 0. The molecule has 0 saturated heterocycles. The highest BCUT2D eigenvalue weighted by molar-refractivity contribution is 6.30. The first-order valence-corrected chi connectivity index (χ1v) is 8.95. The molecule has 0 aliphatic carbocycles. The van der Waals surface area contributed by atoms with Crippen LogP contribution in [0.25, 0.3) is 0 Å². The van der Waals surface area contributed by atoms with E-state index in [0.29, 0.717) is 29.7 Å². The van der Waals surface area contributed by atoms with Crippen molar-refractivity contribution in [3.63, 3.8) is 0 Å². The molecular weight excluding hydrogens is 312 g/mol. The summed E-state index contributed by atoms with van der Waals surface area (Å²) in [5.74, 6) is 0.139. The molecule has 23 heavy (non-hydrogen) atoms. The van der Waals surface area contributed by atoms with Crippen LogP contribution in [0.1, 0.15) is 63.2 Å². The third-order valence-electron chi connectivity index (χ3n) is 3.47. The van der Waals surface area contributed by atoms with E-state index in [2.05, 4.69) is 20.8 Å². The summed E-state index contributed by atoms with van der Waals surface area (Å²) in [4.78, 5) is 12.3. The Morgan fingerprint density at radius 3 is 2.61 bits per heavy atom. The third-order valence-corrected chi connectivity index (χ3v) is 3.70. The van der Waals surface area contributed by atoms with Crippen molar-refractivity contribution in [2.45, 2.75) is 59.0 Å². The molecule has 1 unspecified atom stereocenters. The van der Waals surface area contributed by atoms with Crippen LogP contribution >= 0.6 is 11.6 Å². The van der Waals surface area contributed by atoms with Crippen molar-refractivity contribution >= 4 is 17.6 Å². The maximum Gasteiger partial charge on any atom is 0.338 e. The SMILES string of the molecule is CCCCCCC(COCC(C)C)OC(=O)c1cccc(Cl)c1. The molecule has 0 bridgehead atoms. The van der Waals surface area contributed by atoms with Crippen LogP contribution in [0.5, 0.6) is 0 Å². The van der Waals surface area contributed by atoms with Gasteiger partial charge in [-0.2, -0.15) is 0 Å². The smallest absolute Gasteiger partial charge is 0.338 e. The van der Waals surface area contributed by atoms with Gasteiger partial charge in [0.25, 0.3) is 0 Å². The van der Waals surface area contributed by atoms with Gasteiger partial charge in [-0.25, -0.2) is 4.79 Å². The lowest BCUT2D eigenvalue weighted by atomic mass is 10.1. The lowest BCUT2D eigenvalue weighted by Crippen LogP contribution is -2.24. The predicted molar refractivity (Wildman–Crippen MR) is 95.1 cm³/mol. The van der Waals surface area contributed by atoms with Gasteiger partial charge >= 0.3 is 5.97 Å². The summed E-state index contributed by atoms with van der Waals surface area (Å²) in [6.07, 6.45) is 5.25. The Morgan fingerprint density at radius 1 is 1.17 bits per heavy atom. The van der Waals surface area contributed by atoms with Crippen molar-refractivity contribution in [3.05, 3.63) is 34.9 Å². The van der Waals surface area contributed by atoms with Crippen molar-refractivity contribution in [3.8, 4) is 0 Å². The molecule has 130 valence electrons. The second-order valence-corrected chi connectivity index (χ2v) is 6.75. The van der Waals surface area contributed by atoms with E-state index in [4.69, 9.17) is 21.1 Å². The Labute approximate surface area is 145 Å². The zero-order valence-corrected chi connectivity index (χ0v) is 15.3. The van der Waals surface area contributed by atoms with Crippen molar-refractivity contribution in [1.82, 2.24) is 0 Å². The lowest BCUT2D eigenvalue weighted by molar-refractivity contribution is -0.0123. The largest absolute Gasteiger partial charge is 0.456 e. The molecule has 0 heterocycles. The number of carbonyl (C=O) groups excluding carboxylic acids is 1. The molecule has 1 atom stereocenters. The Hall–Kier alpha value is -1.06. The molecule has 0 fully saturated rings. The average molecular weight is 341 g/mol. The van der Waals surface area contributed by atoms with Crippen LogP contribution in [0.2, 0.25) is 5.02 Å². The number of rotatable bonds is 11. The van der Waals surface area contributed by atoms with Crippen molar-refractivity contribution < 1.29 is 14.3 Å². The van der Waals surface area contributed by atoms with Gasteiger partial charge in [0.05, 0.1) is 12.2 Å². The van der Waals surface area contributed by atoms with Crippen molar-refractivity contribution in [2.75, 3.05) is 13.2 Å². The van der Waals surface area contributed by atoms with E-state index in [0.717, 1.165) is 19.3 Å². The first kappa shape index (κ1) is 20.0. The molecule has 1 aromatic rings. The minimum atomic E-state index is -0.332. The Kier molecular flexibility index (Phi) is 9.97. The number of esters is 1. The molecule has 1 aromatic carbocycles. The minimum Gasteiger partial charge on any atom is -0.456 e. The van der Waals surface area contributed by atoms with Gasteiger partial charge in [-0.05, 0) is 37.0 Å². The maximum atomic E-state index is 12.3. The van der Waals surface area contributed by atoms with Crippen LogP contribution in [0.4, 0.5) is 0 Å². The summed E-state index contributed by atoms with van der Waals surface area (Å²) >= 11 is 5.93. The number of ether oxygens (including phenoxy) is 2. The maximum absolute atomic E-state index is 12.3. The molecule has 0 amide bonds. The average Bonchev–Trinajstić information content (AvgIpc) is 2.50. The van der Waals surface area contributed by atoms with Gasteiger partial charge in [0.1, 0.15) is 6.10 Å². The molecule has 0 aliphatic heterocycles. The second kappa shape index (κ2) is 11.5. The molecule has 0 N–H and O–H groups in total. The molecule has 0 aliphatic rings. The van der Waals surface area contributed by atoms with E-state index in [-0.39, 0.29) is 12.1 Å². The number of carbonyl (C=O) groups is 1. The summed E-state index contributed by atoms with van der Waals surface area (Å²) in [7, 11) is 0. The zero-order valence-electron chi connectivity index (χ0n) is 14.5. The van der Waals surface area contributed by atoms with Crippen LogP contribution in [0, 0.1) is 5.92 Å². The standard InChI is InChI=1S/C19H29ClO3/c1-4-5-6-7-11-18(14-22-13-15(2)3)23-19(21)16-9-8-10-17(20)12-16/h8-10,12,15,18H,4-7,11,13-14H2,1-3H3. The molecule has 1 rings (SSSR count). The van der Waals surface area contributed by atoms with Crippen molar-refractivity contribution in [2.24, 2.45) is 5.92 Å². The highest BCUT2D eigenvalue weighted by Crippen LogP contribution is 2.15. The molecule has 3 nitrogen and oxygen atoms in total. The minimum absolute atomic E-state index is 0.197. The number of benzene rings is 1. The highest BCUT2D eigenvalue weighted by atomic mass is 35.5. The topological polar surface area (TPSA) is 35.5 Å². The third kappa shape index (κ3) is 8.97. The summed E-state index contributed by atoms with van der Waals surface area (Å²) < 4.78 is 11.3. The van der Waals surface area contributed by atoms with E-state index in [1.54, 1.807) is 24.3 Å². The Balaban J connectivity index is 2.53. The van der Waals surface area contributed by atoms with E-state index in [1.165, 1.54) is 12.8 Å². The normalized spacial score (nSPS) is 12.4. The second-order valence-electron chi connectivity index (χ2n) is 6.32. The van der Waals surface area contributed by atoms with Gasteiger partial charge in [0.2, 0.25) is 0 Å². The van der Waals surface area contributed by atoms with Crippen LogP contribution in [0.15, 0.2) is 24.3 Å². The van der Waals surface area contributed by atoms with Crippen LogP contribution in [0.3, 0.4) is 0 Å². The number of unbranched alkanes of at least 4 members (excludes halogenated alkanes) is 3.